The molecule has 0 aliphatic heterocycles. The zero-order valence-electron chi connectivity index (χ0n) is 19.7. The van der Waals surface area contributed by atoms with E-state index >= 15 is 0 Å². The summed E-state index contributed by atoms with van der Waals surface area (Å²) in [6, 6.07) is 21.5. The van der Waals surface area contributed by atoms with E-state index in [1.165, 1.54) is 0 Å². The second kappa shape index (κ2) is 12.8. The van der Waals surface area contributed by atoms with Crippen LogP contribution in [0.5, 0.6) is 17.2 Å². The molecule has 0 aromatic heterocycles. The van der Waals surface area contributed by atoms with E-state index in [2.05, 4.69) is 10.6 Å². The van der Waals surface area contributed by atoms with Crippen LogP contribution in [0.25, 0.3) is 0 Å². The van der Waals surface area contributed by atoms with Gasteiger partial charge in [0.1, 0.15) is 17.2 Å². The predicted octanol–water partition coefficient (Wildman–Crippen LogP) is 5.09. The predicted molar refractivity (Wildman–Crippen MR) is 133 cm³/mol. The Morgan fingerprint density at radius 3 is 2.00 bits per heavy atom. The third kappa shape index (κ3) is 8.85. The zero-order valence-corrected chi connectivity index (χ0v) is 19.7. The van der Waals surface area contributed by atoms with Gasteiger partial charge in [0, 0.05) is 24.2 Å². The minimum atomic E-state index is -0.541. The molecule has 0 radical (unpaired) electrons. The summed E-state index contributed by atoms with van der Waals surface area (Å²) in [7, 11) is 1.55. The van der Waals surface area contributed by atoms with E-state index in [9.17, 15) is 14.4 Å². The topological polar surface area (TPSA) is 103 Å². The van der Waals surface area contributed by atoms with Crippen molar-refractivity contribution in [3.8, 4) is 17.2 Å². The van der Waals surface area contributed by atoms with Crippen LogP contribution in [-0.4, -0.2) is 31.5 Å². The molecular formula is C27H28N2O6. The van der Waals surface area contributed by atoms with Gasteiger partial charge in [-0.3, -0.25) is 14.4 Å². The molecule has 0 atom stereocenters. The number of methoxy groups -OCH3 is 1. The van der Waals surface area contributed by atoms with Crippen molar-refractivity contribution in [2.45, 2.75) is 26.2 Å². The first-order chi connectivity index (χ1) is 16.9. The van der Waals surface area contributed by atoms with Gasteiger partial charge in [-0.25, -0.2) is 0 Å². The first kappa shape index (κ1) is 25.3. The SMILES string of the molecule is COc1ccc(NC(=O)COC(=O)CCCC(=O)Nc2ccc(Oc3cccc(C)c3)cc2)cc1. The summed E-state index contributed by atoms with van der Waals surface area (Å²) in [6.45, 7) is 1.60. The molecule has 0 spiro atoms. The van der Waals surface area contributed by atoms with Crippen LogP contribution in [0.1, 0.15) is 24.8 Å². The number of amides is 2. The van der Waals surface area contributed by atoms with Crippen molar-refractivity contribution in [3.05, 3.63) is 78.4 Å². The fourth-order valence-corrected chi connectivity index (χ4v) is 3.13. The minimum Gasteiger partial charge on any atom is -0.497 e. The summed E-state index contributed by atoms with van der Waals surface area (Å²) in [5.74, 6) is 0.862. The maximum absolute atomic E-state index is 12.2. The Kier molecular flexibility index (Phi) is 9.24. The monoisotopic (exact) mass is 476 g/mol. The van der Waals surface area contributed by atoms with Crippen LogP contribution in [0.4, 0.5) is 11.4 Å². The molecule has 2 amide bonds. The molecule has 2 N–H and O–H groups in total. The number of aryl methyl sites for hydroxylation is 1. The van der Waals surface area contributed by atoms with Crippen LogP contribution in [0.2, 0.25) is 0 Å². The third-order valence-corrected chi connectivity index (χ3v) is 4.89. The van der Waals surface area contributed by atoms with Gasteiger partial charge in [-0.1, -0.05) is 12.1 Å². The smallest absolute Gasteiger partial charge is 0.306 e. The zero-order chi connectivity index (χ0) is 25.0. The van der Waals surface area contributed by atoms with Crippen molar-refractivity contribution in [1.29, 1.82) is 0 Å². The maximum Gasteiger partial charge on any atom is 0.306 e. The summed E-state index contributed by atoms with van der Waals surface area (Å²) in [5, 5.41) is 5.41. The normalized spacial score (nSPS) is 10.2. The molecule has 3 aromatic carbocycles. The number of rotatable bonds is 11. The summed E-state index contributed by atoms with van der Waals surface area (Å²) in [4.78, 5) is 35.9. The Balaban J connectivity index is 1.32. The minimum absolute atomic E-state index is 0.0342. The average molecular weight is 477 g/mol. The number of hydrogen-bond acceptors (Lipinski definition) is 6. The van der Waals surface area contributed by atoms with Crippen molar-refractivity contribution < 1.29 is 28.6 Å². The number of esters is 1. The van der Waals surface area contributed by atoms with Gasteiger partial charge in [0.2, 0.25) is 5.91 Å². The van der Waals surface area contributed by atoms with E-state index in [1.807, 2.05) is 31.2 Å². The van der Waals surface area contributed by atoms with Crippen LogP contribution in [-0.2, 0) is 19.1 Å². The molecule has 35 heavy (non-hydrogen) atoms. The van der Waals surface area contributed by atoms with Crippen molar-refractivity contribution in [1.82, 2.24) is 0 Å². The van der Waals surface area contributed by atoms with Gasteiger partial charge in [0.05, 0.1) is 7.11 Å². The first-order valence-corrected chi connectivity index (χ1v) is 11.2. The molecule has 3 rings (SSSR count). The number of nitrogens with one attached hydrogen (secondary N) is 2. The number of carbonyl (C=O) groups excluding carboxylic acids is 3. The van der Waals surface area contributed by atoms with Crippen LogP contribution < -0.4 is 20.1 Å². The Morgan fingerprint density at radius 2 is 1.37 bits per heavy atom. The van der Waals surface area contributed by atoms with Crippen LogP contribution >= 0.6 is 0 Å². The van der Waals surface area contributed by atoms with Crippen molar-refractivity contribution in [2.24, 2.45) is 0 Å². The molecule has 0 heterocycles. The summed E-state index contributed by atoms with van der Waals surface area (Å²) < 4.78 is 15.8. The summed E-state index contributed by atoms with van der Waals surface area (Å²) in [6.07, 6.45) is 0.487. The van der Waals surface area contributed by atoms with Crippen molar-refractivity contribution in [3.63, 3.8) is 0 Å². The van der Waals surface area contributed by atoms with E-state index in [1.54, 1.807) is 55.6 Å². The highest BCUT2D eigenvalue weighted by atomic mass is 16.5. The molecular weight excluding hydrogens is 448 g/mol. The standard InChI is InChI=1S/C27H28N2O6/c1-19-5-3-6-24(17-19)35-23-15-11-20(12-16-23)28-25(30)7-4-8-27(32)34-18-26(31)29-21-9-13-22(33-2)14-10-21/h3,5-6,9-17H,4,7-8,18H2,1-2H3,(H,28,30)(H,29,31). The van der Waals surface area contributed by atoms with Crippen LogP contribution in [0, 0.1) is 6.92 Å². The maximum atomic E-state index is 12.2. The van der Waals surface area contributed by atoms with E-state index in [0.29, 0.717) is 29.3 Å². The molecule has 8 heteroatoms. The average Bonchev–Trinajstić information content (AvgIpc) is 2.84. The van der Waals surface area contributed by atoms with Crippen molar-refractivity contribution in [2.75, 3.05) is 24.4 Å². The fourth-order valence-electron chi connectivity index (χ4n) is 3.13. The highest BCUT2D eigenvalue weighted by molar-refractivity contribution is 5.93. The van der Waals surface area contributed by atoms with E-state index < -0.39 is 18.5 Å². The number of hydrogen-bond donors (Lipinski definition) is 2. The van der Waals surface area contributed by atoms with Gasteiger partial charge in [-0.15, -0.1) is 0 Å². The molecule has 3 aromatic rings. The van der Waals surface area contributed by atoms with Gasteiger partial charge in [0.15, 0.2) is 6.61 Å². The Morgan fingerprint density at radius 1 is 0.743 bits per heavy atom. The fraction of sp³-hybridized carbons (Fsp3) is 0.222. The number of carbonyl (C=O) groups is 3. The quantitative estimate of drug-likeness (QED) is 0.374. The molecule has 0 aliphatic carbocycles. The lowest BCUT2D eigenvalue weighted by Crippen LogP contribution is -2.21. The Labute approximate surface area is 204 Å². The molecule has 0 fully saturated rings. The Hall–Kier alpha value is -4.33. The summed E-state index contributed by atoms with van der Waals surface area (Å²) >= 11 is 0. The number of anilines is 2. The number of benzene rings is 3. The highest BCUT2D eigenvalue weighted by Crippen LogP contribution is 2.23. The van der Waals surface area contributed by atoms with Gasteiger partial charge >= 0.3 is 5.97 Å². The highest BCUT2D eigenvalue weighted by Gasteiger charge is 2.10. The molecule has 0 saturated heterocycles. The second-order valence-electron chi connectivity index (χ2n) is 7.78. The van der Waals surface area contributed by atoms with Gasteiger partial charge in [0.25, 0.3) is 5.91 Å². The molecule has 0 bridgehead atoms. The van der Waals surface area contributed by atoms with E-state index in [0.717, 1.165) is 11.3 Å². The summed E-state index contributed by atoms with van der Waals surface area (Å²) in [5.41, 5.74) is 2.30. The number of ether oxygens (including phenoxy) is 3. The van der Waals surface area contributed by atoms with Gasteiger partial charge < -0.3 is 24.8 Å². The van der Waals surface area contributed by atoms with Gasteiger partial charge in [-0.2, -0.15) is 0 Å². The second-order valence-corrected chi connectivity index (χ2v) is 7.78. The van der Waals surface area contributed by atoms with Gasteiger partial charge in [-0.05, 0) is 79.6 Å². The molecule has 0 saturated carbocycles. The lowest BCUT2D eigenvalue weighted by molar-refractivity contribution is -0.147. The largest absolute Gasteiger partial charge is 0.497 e. The third-order valence-electron chi connectivity index (χ3n) is 4.89. The van der Waals surface area contributed by atoms with E-state index in [4.69, 9.17) is 14.2 Å². The van der Waals surface area contributed by atoms with Crippen LogP contribution in [0.3, 0.4) is 0 Å². The van der Waals surface area contributed by atoms with Crippen LogP contribution in [0.15, 0.2) is 72.8 Å². The molecule has 8 nitrogen and oxygen atoms in total. The molecule has 0 aliphatic rings. The first-order valence-electron chi connectivity index (χ1n) is 11.2. The lowest BCUT2D eigenvalue weighted by Gasteiger charge is -2.09. The Bertz CT molecular complexity index is 1140. The van der Waals surface area contributed by atoms with E-state index in [-0.39, 0.29) is 18.7 Å². The van der Waals surface area contributed by atoms with Crippen molar-refractivity contribution >= 4 is 29.2 Å². The molecule has 0 unspecified atom stereocenters. The lowest BCUT2D eigenvalue weighted by atomic mass is 10.2. The molecule has 182 valence electrons.